The van der Waals surface area contributed by atoms with E-state index in [1.807, 2.05) is 35.7 Å². The average Bonchev–Trinajstić information content (AvgIpc) is 2.95. The maximum absolute atomic E-state index is 11.7. The van der Waals surface area contributed by atoms with Crippen molar-refractivity contribution in [1.82, 2.24) is 15.2 Å². The van der Waals surface area contributed by atoms with Gasteiger partial charge in [0.25, 0.3) is 0 Å². The van der Waals surface area contributed by atoms with Crippen LogP contribution >= 0.6 is 11.3 Å². The van der Waals surface area contributed by atoms with Gasteiger partial charge in [0, 0.05) is 24.5 Å². The fourth-order valence-corrected chi connectivity index (χ4v) is 2.51. The van der Waals surface area contributed by atoms with Crippen LogP contribution in [0.1, 0.15) is 5.69 Å². The molecule has 2 amide bonds. The highest BCUT2D eigenvalue weighted by Gasteiger charge is 2.08. The molecule has 1 heterocycles. The Kier molecular flexibility index (Phi) is 4.90. The van der Waals surface area contributed by atoms with Crippen LogP contribution in [0.4, 0.5) is 4.79 Å². The van der Waals surface area contributed by atoms with Crippen molar-refractivity contribution >= 4 is 17.4 Å². The first-order valence-electron chi connectivity index (χ1n) is 6.30. The number of rotatable bonds is 5. The molecule has 2 aromatic rings. The minimum Gasteiger partial charge on any atom is -0.332 e. The van der Waals surface area contributed by atoms with Gasteiger partial charge in [0.15, 0.2) is 0 Å². The quantitative estimate of drug-likeness (QED) is 0.859. The lowest BCUT2D eigenvalue weighted by Crippen LogP contribution is -2.36. The van der Waals surface area contributed by atoms with Crippen molar-refractivity contribution in [2.24, 2.45) is 0 Å². The Hall–Kier alpha value is -2.14. The molecule has 0 atom stereocenters. The van der Waals surface area contributed by atoms with Crippen molar-refractivity contribution < 1.29 is 4.79 Å². The zero-order valence-corrected chi connectivity index (χ0v) is 12.2. The minimum absolute atomic E-state index is 0.126. The number of hydrogen-bond acceptors (Lipinski definition) is 3. The fraction of sp³-hybridized carbons (Fsp3) is 0.200. The maximum atomic E-state index is 11.7. The summed E-state index contributed by atoms with van der Waals surface area (Å²) in [6.07, 6.45) is 1.69. The lowest BCUT2D eigenvalue weighted by atomic mass is 10.2. The van der Waals surface area contributed by atoms with Crippen LogP contribution in [0.5, 0.6) is 0 Å². The van der Waals surface area contributed by atoms with E-state index in [9.17, 15) is 4.79 Å². The molecular formula is C15H17N3OS. The molecule has 1 aromatic heterocycles. The van der Waals surface area contributed by atoms with Crippen LogP contribution < -0.4 is 5.32 Å². The second kappa shape index (κ2) is 6.86. The van der Waals surface area contributed by atoms with Crippen LogP contribution in [0.3, 0.4) is 0 Å². The standard InChI is InChI=1S/C15H17N3OS/c1-3-9-18(2)15(19)16-10-13-11-20-14(17-13)12-7-5-4-6-8-12/h3-8,11H,1,9-10H2,2H3,(H,16,19). The summed E-state index contributed by atoms with van der Waals surface area (Å²) >= 11 is 1.58. The molecule has 0 fully saturated rings. The van der Waals surface area contributed by atoms with Gasteiger partial charge in [-0.25, -0.2) is 9.78 Å². The van der Waals surface area contributed by atoms with Crippen molar-refractivity contribution in [2.75, 3.05) is 13.6 Å². The van der Waals surface area contributed by atoms with Crippen LogP contribution in [-0.2, 0) is 6.54 Å². The smallest absolute Gasteiger partial charge is 0.317 e. The molecule has 20 heavy (non-hydrogen) atoms. The Morgan fingerprint density at radius 2 is 2.20 bits per heavy atom. The molecule has 4 nitrogen and oxygen atoms in total. The minimum atomic E-state index is -0.126. The average molecular weight is 287 g/mol. The van der Waals surface area contributed by atoms with Gasteiger partial charge >= 0.3 is 6.03 Å². The number of benzene rings is 1. The van der Waals surface area contributed by atoms with E-state index in [1.165, 1.54) is 0 Å². The molecule has 1 N–H and O–H groups in total. The summed E-state index contributed by atoms with van der Waals surface area (Å²) in [5.74, 6) is 0. The van der Waals surface area contributed by atoms with E-state index >= 15 is 0 Å². The van der Waals surface area contributed by atoms with Gasteiger partial charge in [0.1, 0.15) is 5.01 Å². The molecule has 0 aliphatic rings. The first-order valence-corrected chi connectivity index (χ1v) is 7.18. The highest BCUT2D eigenvalue weighted by molar-refractivity contribution is 7.13. The van der Waals surface area contributed by atoms with E-state index in [4.69, 9.17) is 0 Å². The van der Waals surface area contributed by atoms with Gasteiger partial charge in [-0.15, -0.1) is 17.9 Å². The van der Waals surface area contributed by atoms with Crippen molar-refractivity contribution in [3.8, 4) is 10.6 Å². The normalized spacial score (nSPS) is 10.1. The number of thiazole rings is 1. The Morgan fingerprint density at radius 3 is 2.90 bits per heavy atom. The number of nitrogens with one attached hydrogen (secondary N) is 1. The van der Waals surface area contributed by atoms with Crippen molar-refractivity contribution in [1.29, 1.82) is 0 Å². The SMILES string of the molecule is C=CCN(C)C(=O)NCc1csc(-c2ccccc2)n1. The van der Waals surface area contributed by atoms with Gasteiger partial charge in [0.2, 0.25) is 0 Å². The summed E-state index contributed by atoms with van der Waals surface area (Å²) in [6.45, 7) is 4.57. The van der Waals surface area contributed by atoms with Crippen LogP contribution in [0.2, 0.25) is 0 Å². The highest BCUT2D eigenvalue weighted by Crippen LogP contribution is 2.23. The molecule has 104 valence electrons. The Labute approximate surface area is 122 Å². The van der Waals surface area contributed by atoms with Gasteiger partial charge in [-0.1, -0.05) is 36.4 Å². The van der Waals surface area contributed by atoms with Crippen molar-refractivity contribution in [2.45, 2.75) is 6.54 Å². The number of amides is 2. The van der Waals surface area contributed by atoms with E-state index in [2.05, 4.69) is 16.9 Å². The van der Waals surface area contributed by atoms with Crippen molar-refractivity contribution in [3.05, 3.63) is 54.1 Å². The van der Waals surface area contributed by atoms with Gasteiger partial charge in [-0.05, 0) is 0 Å². The Bertz CT molecular complexity index is 580. The molecule has 2 rings (SSSR count). The number of nitrogens with zero attached hydrogens (tertiary/aromatic N) is 2. The fourth-order valence-electron chi connectivity index (χ4n) is 1.68. The van der Waals surface area contributed by atoms with E-state index in [0.717, 1.165) is 16.3 Å². The zero-order chi connectivity index (χ0) is 14.4. The number of carbonyl (C=O) groups is 1. The lowest BCUT2D eigenvalue weighted by molar-refractivity contribution is 0.212. The second-order valence-electron chi connectivity index (χ2n) is 4.34. The third kappa shape index (κ3) is 3.68. The number of hydrogen-bond donors (Lipinski definition) is 1. The van der Waals surface area contributed by atoms with E-state index in [-0.39, 0.29) is 6.03 Å². The summed E-state index contributed by atoms with van der Waals surface area (Å²) in [5.41, 5.74) is 1.97. The summed E-state index contributed by atoms with van der Waals surface area (Å²) in [5, 5.41) is 5.77. The number of urea groups is 1. The van der Waals surface area contributed by atoms with Crippen LogP contribution in [0.25, 0.3) is 10.6 Å². The molecule has 0 radical (unpaired) electrons. The molecule has 1 aromatic carbocycles. The van der Waals surface area contributed by atoms with Crippen LogP contribution in [-0.4, -0.2) is 29.5 Å². The van der Waals surface area contributed by atoms with E-state index < -0.39 is 0 Å². The molecule has 0 aliphatic carbocycles. The van der Waals surface area contributed by atoms with E-state index in [1.54, 1.807) is 29.4 Å². The maximum Gasteiger partial charge on any atom is 0.317 e. The molecule has 0 bridgehead atoms. The predicted molar refractivity (Wildman–Crippen MR) is 82.6 cm³/mol. The molecule has 0 aliphatic heterocycles. The topological polar surface area (TPSA) is 45.2 Å². The van der Waals surface area contributed by atoms with Crippen molar-refractivity contribution in [3.63, 3.8) is 0 Å². The van der Waals surface area contributed by atoms with Gasteiger partial charge in [0.05, 0.1) is 12.2 Å². The molecule has 0 unspecified atom stereocenters. The molecule has 0 saturated heterocycles. The molecule has 5 heteroatoms. The monoisotopic (exact) mass is 287 g/mol. The third-order valence-electron chi connectivity index (χ3n) is 2.74. The molecule has 0 spiro atoms. The summed E-state index contributed by atoms with van der Waals surface area (Å²) in [6, 6.07) is 9.88. The molecule has 0 saturated carbocycles. The molecular weight excluding hydrogens is 270 g/mol. The summed E-state index contributed by atoms with van der Waals surface area (Å²) in [4.78, 5) is 17.8. The zero-order valence-electron chi connectivity index (χ0n) is 11.4. The first kappa shape index (κ1) is 14.3. The summed E-state index contributed by atoms with van der Waals surface area (Å²) < 4.78 is 0. The van der Waals surface area contributed by atoms with Crippen LogP contribution in [0.15, 0.2) is 48.4 Å². The van der Waals surface area contributed by atoms with Gasteiger partial charge in [-0.2, -0.15) is 0 Å². The summed E-state index contributed by atoms with van der Waals surface area (Å²) in [7, 11) is 1.73. The van der Waals surface area contributed by atoms with Gasteiger partial charge < -0.3 is 10.2 Å². The number of carbonyl (C=O) groups excluding carboxylic acids is 1. The van der Waals surface area contributed by atoms with Gasteiger partial charge in [-0.3, -0.25) is 0 Å². The van der Waals surface area contributed by atoms with E-state index in [0.29, 0.717) is 13.1 Å². The third-order valence-corrected chi connectivity index (χ3v) is 3.68. The Morgan fingerprint density at radius 1 is 1.45 bits per heavy atom. The number of likely N-dealkylation sites (N-methyl/N-ethyl adjacent to an activating group) is 1. The Balaban J connectivity index is 1.94. The second-order valence-corrected chi connectivity index (χ2v) is 5.20. The first-order chi connectivity index (χ1) is 9.70. The van der Waals surface area contributed by atoms with Crippen LogP contribution in [0, 0.1) is 0 Å². The highest BCUT2D eigenvalue weighted by atomic mass is 32.1. The number of aromatic nitrogens is 1. The largest absolute Gasteiger partial charge is 0.332 e. The lowest BCUT2D eigenvalue weighted by Gasteiger charge is -2.15. The predicted octanol–water partition coefficient (Wildman–Crippen LogP) is 3.14.